The van der Waals surface area contributed by atoms with Crippen LogP contribution in [0, 0.1) is 0 Å². The van der Waals surface area contributed by atoms with Gasteiger partial charge in [0.25, 0.3) is 0 Å². The smallest absolute Gasteiger partial charge is 0.0969 e. The van der Waals surface area contributed by atoms with Crippen molar-refractivity contribution in [3.8, 4) is 0 Å². The predicted molar refractivity (Wildman–Crippen MR) is 46.4 cm³/mol. The molecule has 0 aromatic rings. The number of hydrogen-bond donors (Lipinski definition) is 1. The summed E-state index contributed by atoms with van der Waals surface area (Å²) in [7, 11) is -0.425. The first-order valence-electron chi connectivity index (χ1n) is 3.88. The summed E-state index contributed by atoms with van der Waals surface area (Å²) in [5.41, 5.74) is 6.22. The molecule has 2 nitrogen and oxygen atoms in total. The van der Waals surface area contributed by atoms with E-state index in [-0.39, 0.29) is 0 Å². The van der Waals surface area contributed by atoms with Crippen molar-refractivity contribution in [2.75, 3.05) is 12.8 Å². The zero-order valence-electron chi connectivity index (χ0n) is 7.18. The minimum Gasteiger partial charge on any atom is -0.385 e. The quantitative estimate of drug-likeness (QED) is 0.608. The Hall–Kier alpha value is 0.137. The van der Waals surface area contributed by atoms with Crippen LogP contribution in [-0.2, 0) is 4.74 Å². The monoisotopic (exact) mass is 160 g/mol. The van der Waals surface area contributed by atoms with E-state index >= 15 is 0 Å². The average Bonchev–Trinajstić information content (AvgIpc) is 1.98. The normalized spacial score (nSPS) is 14.1. The molecule has 2 N–H and O–H groups in total. The van der Waals surface area contributed by atoms with E-state index < -0.39 is 8.80 Å². The van der Waals surface area contributed by atoms with Crippen molar-refractivity contribution in [3.63, 3.8) is 0 Å². The molecule has 3 heteroatoms. The first-order valence-corrected chi connectivity index (χ1v) is 6.16. The van der Waals surface area contributed by atoms with E-state index in [9.17, 15) is 0 Å². The Balaban J connectivity index is 3.31. The molecule has 0 amide bonds. The van der Waals surface area contributed by atoms with E-state index in [0.717, 1.165) is 19.3 Å². The molecule has 1 radical (unpaired) electrons. The Morgan fingerprint density at radius 1 is 1.50 bits per heavy atom. The van der Waals surface area contributed by atoms with Crippen molar-refractivity contribution in [2.45, 2.75) is 32.5 Å². The summed E-state index contributed by atoms with van der Waals surface area (Å²) in [6.07, 6.45) is 1.98. The van der Waals surface area contributed by atoms with E-state index in [0.29, 0.717) is 5.67 Å². The number of nitrogens with two attached hydrogens (primary N) is 1. The first kappa shape index (κ1) is 10.1. The van der Waals surface area contributed by atoms with Crippen molar-refractivity contribution in [2.24, 2.45) is 5.73 Å². The van der Waals surface area contributed by atoms with Crippen LogP contribution in [0.2, 0.25) is 6.55 Å². The van der Waals surface area contributed by atoms with Crippen molar-refractivity contribution in [1.82, 2.24) is 0 Å². The third-order valence-corrected chi connectivity index (χ3v) is 3.94. The van der Waals surface area contributed by atoms with Gasteiger partial charge in [0, 0.05) is 12.8 Å². The number of hydrogen-bond acceptors (Lipinski definition) is 2. The number of rotatable bonds is 5. The fourth-order valence-corrected chi connectivity index (χ4v) is 2.16. The van der Waals surface area contributed by atoms with Gasteiger partial charge in [0.1, 0.15) is 0 Å². The second kappa shape index (κ2) is 5.89. The first-order chi connectivity index (χ1) is 4.72. The molecule has 0 aliphatic carbocycles. The van der Waals surface area contributed by atoms with Crippen molar-refractivity contribution in [1.29, 1.82) is 0 Å². The summed E-state index contributed by atoms with van der Waals surface area (Å²) in [5.74, 6) is 0. The third-order valence-electron chi connectivity index (χ3n) is 1.61. The van der Waals surface area contributed by atoms with Crippen molar-refractivity contribution >= 4 is 8.80 Å². The van der Waals surface area contributed by atoms with E-state index in [1.54, 1.807) is 0 Å². The second-order valence-corrected chi connectivity index (χ2v) is 5.22. The summed E-state index contributed by atoms with van der Waals surface area (Å²) >= 11 is 0. The van der Waals surface area contributed by atoms with Crippen LogP contribution in [-0.4, -0.2) is 27.3 Å². The molecular weight excluding hydrogens is 142 g/mol. The van der Waals surface area contributed by atoms with Gasteiger partial charge in [-0.05, 0) is 19.0 Å². The van der Waals surface area contributed by atoms with Crippen LogP contribution >= 0.6 is 0 Å². The molecule has 0 saturated carbocycles. The van der Waals surface area contributed by atoms with Crippen LogP contribution in [0.15, 0.2) is 0 Å². The van der Waals surface area contributed by atoms with Crippen LogP contribution in [0.4, 0.5) is 0 Å². The molecule has 0 bridgehead atoms. The fourth-order valence-electron chi connectivity index (χ4n) is 0.719. The van der Waals surface area contributed by atoms with Gasteiger partial charge in [-0.3, -0.25) is 0 Å². The molecular formula is C7H18NOSi. The molecule has 0 spiro atoms. The van der Waals surface area contributed by atoms with Crippen molar-refractivity contribution in [3.05, 3.63) is 0 Å². The predicted octanol–water partition coefficient (Wildman–Crippen LogP) is 0.963. The van der Waals surface area contributed by atoms with Gasteiger partial charge >= 0.3 is 0 Å². The van der Waals surface area contributed by atoms with Crippen LogP contribution in [0.25, 0.3) is 0 Å². The van der Waals surface area contributed by atoms with Crippen molar-refractivity contribution < 1.29 is 4.74 Å². The maximum absolute atomic E-state index is 5.82. The van der Waals surface area contributed by atoms with Gasteiger partial charge in [-0.2, -0.15) is 0 Å². The lowest BCUT2D eigenvalue weighted by atomic mass is 10.5. The van der Waals surface area contributed by atoms with E-state index in [1.165, 1.54) is 0 Å². The standard InChI is InChI=1S/C7H18NOSi/c1-4-7(8)10(3)6-9-5-2/h7H,4-6,8H2,1-3H3. The van der Waals surface area contributed by atoms with Gasteiger partial charge in [-0.1, -0.05) is 13.5 Å². The molecule has 1 atom stereocenters. The minimum atomic E-state index is -0.425. The highest BCUT2D eigenvalue weighted by atomic mass is 28.3. The molecule has 0 aromatic carbocycles. The van der Waals surface area contributed by atoms with Gasteiger partial charge in [-0.25, -0.2) is 0 Å². The largest absolute Gasteiger partial charge is 0.385 e. The summed E-state index contributed by atoms with van der Waals surface area (Å²) in [4.78, 5) is 0. The highest BCUT2D eigenvalue weighted by molar-refractivity contribution is 6.58. The molecule has 0 aliphatic rings. The zero-order valence-corrected chi connectivity index (χ0v) is 8.18. The second-order valence-electron chi connectivity index (χ2n) is 2.50. The van der Waals surface area contributed by atoms with Crippen LogP contribution in [0.1, 0.15) is 20.3 Å². The lowest BCUT2D eigenvalue weighted by molar-refractivity contribution is 0.190. The SMILES string of the molecule is CCOC[Si](C)C(N)CC. The average molecular weight is 160 g/mol. The molecule has 0 saturated heterocycles. The van der Waals surface area contributed by atoms with Crippen LogP contribution in [0.5, 0.6) is 0 Å². The van der Waals surface area contributed by atoms with E-state index in [4.69, 9.17) is 10.5 Å². The van der Waals surface area contributed by atoms with Gasteiger partial charge in [0.2, 0.25) is 0 Å². The minimum absolute atomic E-state index is 0.400. The lowest BCUT2D eigenvalue weighted by Gasteiger charge is -2.15. The fraction of sp³-hybridized carbons (Fsp3) is 1.00. The maximum atomic E-state index is 5.82. The lowest BCUT2D eigenvalue weighted by Crippen LogP contribution is -2.39. The van der Waals surface area contributed by atoms with Crippen LogP contribution < -0.4 is 5.73 Å². The highest BCUT2D eigenvalue weighted by Gasteiger charge is 2.11. The molecule has 61 valence electrons. The Morgan fingerprint density at radius 3 is 2.50 bits per heavy atom. The van der Waals surface area contributed by atoms with Gasteiger partial charge < -0.3 is 10.5 Å². The van der Waals surface area contributed by atoms with Crippen LogP contribution in [0.3, 0.4) is 0 Å². The maximum Gasteiger partial charge on any atom is 0.0969 e. The molecule has 10 heavy (non-hydrogen) atoms. The Kier molecular flexibility index (Phi) is 5.97. The Bertz CT molecular complexity index is 80.0. The molecule has 0 heterocycles. The Morgan fingerprint density at radius 2 is 2.10 bits per heavy atom. The highest BCUT2D eigenvalue weighted by Crippen LogP contribution is 1.94. The zero-order chi connectivity index (χ0) is 7.98. The molecule has 0 fully saturated rings. The topological polar surface area (TPSA) is 35.2 Å². The Labute approximate surface area is 65.4 Å². The van der Waals surface area contributed by atoms with E-state index in [1.807, 2.05) is 6.92 Å². The number of ether oxygens (including phenoxy) is 1. The molecule has 0 aliphatic heterocycles. The molecule has 0 rings (SSSR count). The summed E-state index contributed by atoms with van der Waals surface area (Å²) in [6.45, 7) is 7.20. The molecule has 1 unspecified atom stereocenters. The van der Waals surface area contributed by atoms with Gasteiger partial charge in [-0.15, -0.1) is 0 Å². The van der Waals surface area contributed by atoms with Gasteiger partial charge in [0.05, 0.1) is 8.80 Å². The summed E-state index contributed by atoms with van der Waals surface area (Å²) < 4.78 is 5.28. The summed E-state index contributed by atoms with van der Waals surface area (Å²) in [6, 6.07) is 0. The van der Waals surface area contributed by atoms with Gasteiger partial charge in [0.15, 0.2) is 0 Å². The summed E-state index contributed by atoms with van der Waals surface area (Å²) in [5, 5.41) is 0. The van der Waals surface area contributed by atoms with E-state index in [2.05, 4.69) is 13.5 Å². The molecule has 0 aromatic heterocycles. The third kappa shape index (κ3) is 4.03.